The quantitative estimate of drug-likeness (QED) is 0.742. The van der Waals surface area contributed by atoms with Crippen LogP contribution in [0.5, 0.6) is 0 Å². The Labute approximate surface area is 159 Å². The first kappa shape index (κ1) is 18.8. The van der Waals surface area contributed by atoms with E-state index in [-0.39, 0.29) is 48.8 Å². The van der Waals surface area contributed by atoms with E-state index in [9.17, 15) is 14.4 Å². The molecular formula is C22H24N2O3. The van der Waals surface area contributed by atoms with Gasteiger partial charge in [-0.2, -0.15) is 0 Å². The molecule has 1 heterocycles. The Kier molecular flexibility index (Phi) is 6.36. The molecule has 0 bridgehead atoms. The number of carbonyl (C=O) groups is 3. The minimum absolute atomic E-state index is 0.114. The number of amides is 3. The van der Waals surface area contributed by atoms with E-state index in [2.05, 4.69) is 34.9 Å². The zero-order valence-corrected chi connectivity index (χ0v) is 15.2. The average molecular weight is 364 g/mol. The summed E-state index contributed by atoms with van der Waals surface area (Å²) in [5.74, 6) is -0.758. The molecule has 1 aliphatic rings. The Morgan fingerprint density at radius 1 is 0.963 bits per heavy atom. The molecule has 0 aromatic heterocycles. The first-order valence-electron chi connectivity index (χ1n) is 9.28. The summed E-state index contributed by atoms with van der Waals surface area (Å²) in [7, 11) is 0. The van der Waals surface area contributed by atoms with Gasteiger partial charge < -0.3 is 5.32 Å². The molecule has 3 rings (SSSR count). The second-order valence-corrected chi connectivity index (χ2v) is 7.05. The van der Waals surface area contributed by atoms with Crippen molar-refractivity contribution in [3.8, 4) is 0 Å². The van der Waals surface area contributed by atoms with E-state index in [0.717, 1.165) is 6.42 Å². The standard InChI is InChI=1S/C22H24N2O3/c25-20(12-17-13-21(26)24-22(27)14-17)23-15-19(18-9-5-2-6-10-18)11-16-7-3-1-4-8-16/h1-10,17,19H,11-15H2,(H,23,25)(H,24,26,27). The monoisotopic (exact) mass is 364 g/mol. The fourth-order valence-corrected chi connectivity index (χ4v) is 3.50. The summed E-state index contributed by atoms with van der Waals surface area (Å²) in [6, 6.07) is 20.3. The van der Waals surface area contributed by atoms with Crippen LogP contribution in [-0.2, 0) is 20.8 Å². The summed E-state index contributed by atoms with van der Waals surface area (Å²) in [5, 5.41) is 5.27. The number of piperidine rings is 1. The molecule has 2 aromatic carbocycles. The van der Waals surface area contributed by atoms with Crippen LogP contribution in [0.15, 0.2) is 60.7 Å². The number of hydrogen-bond acceptors (Lipinski definition) is 3. The number of benzene rings is 2. The van der Waals surface area contributed by atoms with Gasteiger partial charge in [-0.25, -0.2) is 0 Å². The largest absolute Gasteiger partial charge is 0.355 e. The van der Waals surface area contributed by atoms with Crippen LogP contribution < -0.4 is 10.6 Å². The van der Waals surface area contributed by atoms with Crippen molar-refractivity contribution < 1.29 is 14.4 Å². The van der Waals surface area contributed by atoms with Crippen molar-refractivity contribution in [2.75, 3.05) is 6.54 Å². The molecule has 1 fully saturated rings. The summed E-state index contributed by atoms with van der Waals surface area (Å²) in [4.78, 5) is 35.3. The third-order valence-electron chi connectivity index (χ3n) is 4.84. The lowest BCUT2D eigenvalue weighted by atomic mass is 9.91. The average Bonchev–Trinajstić information content (AvgIpc) is 2.66. The highest BCUT2D eigenvalue weighted by Crippen LogP contribution is 2.21. The summed E-state index contributed by atoms with van der Waals surface area (Å²) < 4.78 is 0. The van der Waals surface area contributed by atoms with Gasteiger partial charge in [0.1, 0.15) is 0 Å². The second kappa shape index (κ2) is 9.12. The first-order chi connectivity index (χ1) is 13.1. The van der Waals surface area contributed by atoms with Gasteiger partial charge in [-0.3, -0.25) is 19.7 Å². The van der Waals surface area contributed by atoms with E-state index in [1.54, 1.807) is 0 Å². The van der Waals surface area contributed by atoms with E-state index in [1.807, 2.05) is 36.4 Å². The second-order valence-electron chi connectivity index (χ2n) is 7.05. The Balaban J connectivity index is 1.59. The van der Waals surface area contributed by atoms with Crippen LogP contribution in [0.4, 0.5) is 0 Å². The fourth-order valence-electron chi connectivity index (χ4n) is 3.50. The van der Waals surface area contributed by atoms with Gasteiger partial charge in [0.05, 0.1) is 0 Å². The van der Waals surface area contributed by atoms with Crippen LogP contribution in [0.1, 0.15) is 36.3 Å². The number of carbonyl (C=O) groups excluding carboxylic acids is 3. The number of imide groups is 1. The smallest absolute Gasteiger partial charge is 0.226 e. The Morgan fingerprint density at radius 2 is 1.56 bits per heavy atom. The maximum atomic E-state index is 12.4. The molecule has 5 nitrogen and oxygen atoms in total. The maximum absolute atomic E-state index is 12.4. The topological polar surface area (TPSA) is 75.3 Å². The molecule has 2 N–H and O–H groups in total. The van der Waals surface area contributed by atoms with Gasteiger partial charge >= 0.3 is 0 Å². The molecule has 1 saturated heterocycles. The van der Waals surface area contributed by atoms with E-state index in [1.165, 1.54) is 11.1 Å². The maximum Gasteiger partial charge on any atom is 0.226 e. The van der Waals surface area contributed by atoms with Crippen LogP contribution in [0.25, 0.3) is 0 Å². The SMILES string of the molecule is O=C(CC1CC(=O)NC(=O)C1)NCC(Cc1ccccc1)c1ccccc1. The highest BCUT2D eigenvalue weighted by atomic mass is 16.2. The zero-order valence-electron chi connectivity index (χ0n) is 15.2. The molecule has 5 heteroatoms. The summed E-state index contributed by atoms with van der Waals surface area (Å²) in [6.45, 7) is 0.518. The lowest BCUT2D eigenvalue weighted by Gasteiger charge is -2.22. The third-order valence-corrected chi connectivity index (χ3v) is 4.84. The Morgan fingerprint density at radius 3 is 2.19 bits per heavy atom. The lowest BCUT2D eigenvalue weighted by Crippen LogP contribution is -2.40. The summed E-state index contributed by atoms with van der Waals surface area (Å²) >= 11 is 0. The molecule has 27 heavy (non-hydrogen) atoms. The number of rotatable bonds is 7. The Bertz CT molecular complexity index is 774. The van der Waals surface area contributed by atoms with Crippen LogP contribution in [0.3, 0.4) is 0 Å². The summed E-state index contributed by atoms with van der Waals surface area (Å²) in [5.41, 5.74) is 2.39. The molecule has 140 valence electrons. The predicted molar refractivity (Wildman–Crippen MR) is 103 cm³/mol. The molecular weight excluding hydrogens is 340 g/mol. The van der Waals surface area contributed by atoms with Crippen molar-refractivity contribution in [1.29, 1.82) is 0 Å². The lowest BCUT2D eigenvalue weighted by molar-refractivity contribution is -0.135. The van der Waals surface area contributed by atoms with Gasteiger partial charge in [0, 0.05) is 31.7 Å². The van der Waals surface area contributed by atoms with Crippen LogP contribution in [-0.4, -0.2) is 24.3 Å². The Hall–Kier alpha value is -2.95. The molecule has 0 aliphatic carbocycles. The van der Waals surface area contributed by atoms with Gasteiger partial charge in [0.15, 0.2) is 0 Å². The van der Waals surface area contributed by atoms with Crippen LogP contribution in [0, 0.1) is 5.92 Å². The van der Waals surface area contributed by atoms with Crippen molar-refractivity contribution >= 4 is 17.7 Å². The molecule has 1 atom stereocenters. The normalized spacial score (nSPS) is 15.9. The minimum Gasteiger partial charge on any atom is -0.355 e. The third kappa shape index (κ3) is 5.78. The van der Waals surface area contributed by atoms with Gasteiger partial charge in [-0.1, -0.05) is 60.7 Å². The molecule has 0 radical (unpaired) electrons. The molecule has 1 unspecified atom stereocenters. The minimum atomic E-state index is -0.296. The van der Waals surface area contributed by atoms with Crippen LogP contribution >= 0.6 is 0 Å². The van der Waals surface area contributed by atoms with E-state index < -0.39 is 0 Å². The fraction of sp³-hybridized carbons (Fsp3) is 0.318. The first-order valence-corrected chi connectivity index (χ1v) is 9.28. The van der Waals surface area contributed by atoms with Crippen molar-refractivity contribution in [2.24, 2.45) is 5.92 Å². The van der Waals surface area contributed by atoms with Gasteiger partial charge in [0.25, 0.3) is 0 Å². The van der Waals surface area contributed by atoms with Crippen molar-refractivity contribution in [3.63, 3.8) is 0 Å². The van der Waals surface area contributed by atoms with Crippen LogP contribution in [0.2, 0.25) is 0 Å². The van der Waals surface area contributed by atoms with Gasteiger partial charge in [-0.15, -0.1) is 0 Å². The molecule has 1 aliphatic heterocycles. The highest BCUT2D eigenvalue weighted by molar-refractivity contribution is 5.98. The van der Waals surface area contributed by atoms with E-state index in [0.29, 0.717) is 6.54 Å². The number of nitrogens with one attached hydrogen (secondary N) is 2. The molecule has 0 saturated carbocycles. The molecule has 0 spiro atoms. The van der Waals surface area contributed by atoms with E-state index in [4.69, 9.17) is 0 Å². The predicted octanol–water partition coefficient (Wildman–Crippen LogP) is 2.57. The van der Waals surface area contributed by atoms with Crippen molar-refractivity contribution in [2.45, 2.75) is 31.6 Å². The zero-order chi connectivity index (χ0) is 19.1. The highest BCUT2D eigenvalue weighted by Gasteiger charge is 2.26. The number of hydrogen-bond donors (Lipinski definition) is 2. The molecule has 2 aromatic rings. The van der Waals surface area contributed by atoms with Crippen molar-refractivity contribution in [1.82, 2.24) is 10.6 Å². The van der Waals surface area contributed by atoms with Gasteiger partial charge in [0.2, 0.25) is 17.7 Å². The summed E-state index contributed by atoms with van der Waals surface area (Å²) in [6.07, 6.45) is 1.48. The van der Waals surface area contributed by atoms with Crippen molar-refractivity contribution in [3.05, 3.63) is 71.8 Å². The van der Waals surface area contributed by atoms with Gasteiger partial charge in [-0.05, 0) is 23.5 Å². The van der Waals surface area contributed by atoms with E-state index >= 15 is 0 Å². The molecule has 3 amide bonds.